The Kier molecular flexibility index (Phi) is 3.91. The molecule has 23 heavy (non-hydrogen) atoms. The lowest BCUT2D eigenvalue weighted by atomic mass is 9.74. The average Bonchev–Trinajstić information content (AvgIpc) is 3.07. The molecule has 0 aliphatic heterocycles. The first-order chi connectivity index (χ1) is 10.8. The molecule has 0 bridgehead atoms. The van der Waals surface area contributed by atoms with Crippen LogP contribution in [-0.4, -0.2) is 16.5 Å². The first-order valence-corrected chi connectivity index (χ1v) is 8.33. The van der Waals surface area contributed by atoms with Gasteiger partial charge in [0.15, 0.2) is 0 Å². The number of halogens is 2. The van der Waals surface area contributed by atoms with E-state index in [1.165, 1.54) is 0 Å². The SMILES string of the molecule is COc1ccccc1[C@@](O)(c1ccc(C)cc1)[C@]1(C)CC1(Cl)Cl. The zero-order chi connectivity index (χ0) is 16.9. The van der Waals surface area contributed by atoms with E-state index >= 15 is 0 Å². The van der Waals surface area contributed by atoms with E-state index in [4.69, 9.17) is 27.9 Å². The molecule has 2 nitrogen and oxygen atoms in total. The van der Waals surface area contributed by atoms with Crippen molar-refractivity contribution in [2.24, 2.45) is 5.41 Å². The van der Waals surface area contributed by atoms with Gasteiger partial charge < -0.3 is 9.84 Å². The van der Waals surface area contributed by atoms with Crippen LogP contribution in [-0.2, 0) is 5.60 Å². The van der Waals surface area contributed by atoms with Gasteiger partial charge in [-0.05, 0) is 25.0 Å². The molecule has 122 valence electrons. The van der Waals surface area contributed by atoms with Gasteiger partial charge in [-0.3, -0.25) is 0 Å². The molecule has 0 amide bonds. The van der Waals surface area contributed by atoms with Crippen molar-refractivity contribution in [1.82, 2.24) is 0 Å². The number of alkyl halides is 2. The summed E-state index contributed by atoms with van der Waals surface area (Å²) in [7, 11) is 1.60. The molecular weight excluding hydrogens is 331 g/mol. The van der Waals surface area contributed by atoms with Crippen LogP contribution in [0.2, 0.25) is 0 Å². The highest BCUT2D eigenvalue weighted by molar-refractivity contribution is 6.51. The number of methoxy groups -OCH3 is 1. The van der Waals surface area contributed by atoms with Gasteiger partial charge in [-0.2, -0.15) is 0 Å². The third kappa shape index (κ3) is 2.36. The summed E-state index contributed by atoms with van der Waals surface area (Å²) in [5.74, 6) is 0.618. The van der Waals surface area contributed by atoms with E-state index in [-0.39, 0.29) is 0 Å². The van der Waals surface area contributed by atoms with Crippen LogP contribution in [0.25, 0.3) is 0 Å². The Morgan fingerprint density at radius 1 is 1.09 bits per heavy atom. The molecule has 4 heteroatoms. The van der Waals surface area contributed by atoms with Gasteiger partial charge in [0.2, 0.25) is 0 Å². The van der Waals surface area contributed by atoms with Gasteiger partial charge in [0.25, 0.3) is 0 Å². The van der Waals surface area contributed by atoms with Crippen LogP contribution in [0.5, 0.6) is 5.75 Å². The van der Waals surface area contributed by atoms with Gasteiger partial charge >= 0.3 is 0 Å². The molecule has 0 aromatic heterocycles. The molecule has 1 fully saturated rings. The molecule has 1 saturated carbocycles. The molecule has 0 saturated heterocycles. The van der Waals surface area contributed by atoms with Crippen molar-refractivity contribution in [3.63, 3.8) is 0 Å². The minimum Gasteiger partial charge on any atom is -0.496 e. The van der Waals surface area contributed by atoms with Gasteiger partial charge in [0.05, 0.1) is 7.11 Å². The van der Waals surface area contributed by atoms with E-state index in [1.54, 1.807) is 7.11 Å². The van der Waals surface area contributed by atoms with Crippen LogP contribution in [0.4, 0.5) is 0 Å². The summed E-state index contributed by atoms with van der Waals surface area (Å²) >= 11 is 12.8. The molecule has 0 heterocycles. The van der Waals surface area contributed by atoms with Gasteiger partial charge in [-0.1, -0.05) is 55.0 Å². The van der Waals surface area contributed by atoms with Crippen molar-refractivity contribution < 1.29 is 9.84 Å². The molecule has 1 aliphatic carbocycles. The van der Waals surface area contributed by atoms with Crippen molar-refractivity contribution in [2.75, 3.05) is 7.11 Å². The molecule has 0 unspecified atom stereocenters. The lowest BCUT2D eigenvalue weighted by Gasteiger charge is -2.37. The lowest BCUT2D eigenvalue weighted by molar-refractivity contribution is 0.00634. The van der Waals surface area contributed by atoms with Crippen molar-refractivity contribution in [3.05, 3.63) is 65.2 Å². The molecule has 2 atom stereocenters. The fourth-order valence-corrected chi connectivity index (χ4v) is 4.11. The number of para-hydroxylation sites is 1. The van der Waals surface area contributed by atoms with Crippen molar-refractivity contribution in [2.45, 2.75) is 30.2 Å². The summed E-state index contributed by atoms with van der Waals surface area (Å²) in [4.78, 5) is 0. The number of hydrogen-bond acceptors (Lipinski definition) is 2. The standard InChI is InChI=1S/C19H20Cl2O2/c1-13-8-10-14(11-9-13)19(22,17(2)12-18(17,20)21)15-6-4-5-7-16(15)23-3/h4-11,22H,12H2,1-3H3/t17-,19+/m1/s1. The highest BCUT2D eigenvalue weighted by Gasteiger charge is 2.73. The second-order valence-corrected chi connectivity index (χ2v) is 7.97. The van der Waals surface area contributed by atoms with E-state index in [2.05, 4.69) is 0 Å². The first kappa shape index (κ1) is 16.6. The smallest absolute Gasteiger partial charge is 0.127 e. The predicted molar refractivity (Wildman–Crippen MR) is 94.3 cm³/mol. The normalized spacial score (nSPS) is 24.8. The van der Waals surface area contributed by atoms with E-state index < -0.39 is 15.3 Å². The van der Waals surface area contributed by atoms with Crippen LogP contribution < -0.4 is 4.74 Å². The van der Waals surface area contributed by atoms with Gasteiger partial charge in [0.1, 0.15) is 15.7 Å². The maximum absolute atomic E-state index is 11.8. The summed E-state index contributed by atoms with van der Waals surface area (Å²) in [6.07, 6.45) is 0.505. The van der Waals surface area contributed by atoms with Crippen molar-refractivity contribution >= 4 is 23.2 Å². The highest BCUT2D eigenvalue weighted by atomic mass is 35.5. The predicted octanol–water partition coefficient (Wildman–Crippen LogP) is 4.82. The number of hydrogen-bond donors (Lipinski definition) is 1. The van der Waals surface area contributed by atoms with E-state index in [0.717, 1.165) is 11.1 Å². The fourth-order valence-electron chi connectivity index (χ4n) is 3.30. The maximum Gasteiger partial charge on any atom is 0.127 e. The number of aliphatic hydroxyl groups is 1. The van der Waals surface area contributed by atoms with E-state index in [0.29, 0.717) is 17.7 Å². The third-order valence-electron chi connectivity index (χ3n) is 5.02. The van der Waals surface area contributed by atoms with Crippen molar-refractivity contribution in [1.29, 1.82) is 0 Å². The molecule has 0 spiro atoms. The average molecular weight is 351 g/mol. The second kappa shape index (κ2) is 5.41. The lowest BCUT2D eigenvalue weighted by Crippen LogP contribution is -2.39. The van der Waals surface area contributed by atoms with Crippen LogP contribution in [0.15, 0.2) is 48.5 Å². The summed E-state index contributed by atoms with van der Waals surface area (Å²) in [6.45, 7) is 3.93. The summed E-state index contributed by atoms with van der Waals surface area (Å²) in [6, 6.07) is 15.3. The monoisotopic (exact) mass is 350 g/mol. The van der Waals surface area contributed by atoms with Gasteiger partial charge in [-0.15, -0.1) is 23.2 Å². The fraction of sp³-hybridized carbons (Fsp3) is 0.368. The van der Waals surface area contributed by atoms with E-state index in [1.807, 2.05) is 62.4 Å². The van der Waals surface area contributed by atoms with Crippen LogP contribution in [0.3, 0.4) is 0 Å². The number of aryl methyl sites for hydroxylation is 1. The minimum atomic E-state index is -1.34. The summed E-state index contributed by atoms with van der Waals surface area (Å²) < 4.78 is 4.50. The zero-order valence-electron chi connectivity index (χ0n) is 13.4. The number of ether oxygens (including phenoxy) is 1. The van der Waals surface area contributed by atoms with Crippen molar-refractivity contribution in [3.8, 4) is 5.75 Å². The number of benzene rings is 2. The molecule has 0 radical (unpaired) electrons. The Bertz CT molecular complexity index is 726. The Hall–Kier alpha value is -1.22. The quantitative estimate of drug-likeness (QED) is 0.800. The molecule has 1 aliphatic rings. The first-order valence-electron chi connectivity index (χ1n) is 7.57. The number of rotatable bonds is 4. The van der Waals surface area contributed by atoms with Crippen LogP contribution in [0, 0.1) is 12.3 Å². The van der Waals surface area contributed by atoms with Gasteiger partial charge in [0, 0.05) is 11.0 Å². The Balaban J connectivity index is 2.25. The molecule has 2 aromatic carbocycles. The van der Waals surface area contributed by atoms with Crippen LogP contribution >= 0.6 is 23.2 Å². The second-order valence-electron chi connectivity index (χ2n) is 6.49. The van der Waals surface area contributed by atoms with Gasteiger partial charge in [-0.25, -0.2) is 0 Å². The largest absolute Gasteiger partial charge is 0.496 e. The van der Waals surface area contributed by atoms with E-state index in [9.17, 15) is 5.11 Å². The Morgan fingerprint density at radius 2 is 1.65 bits per heavy atom. The molecular formula is C19H20Cl2O2. The maximum atomic E-state index is 11.8. The summed E-state index contributed by atoms with van der Waals surface area (Å²) in [5, 5.41) is 11.8. The molecule has 3 rings (SSSR count). The Labute approximate surface area is 147 Å². The molecule has 2 aromatic rings. The Morgan fingerprint density at radius 3 is 2.17 bits per heavy atom. The highest BCUT2D eigenvalue weighted by Crippen LogP contribution is 2.73. The van der Waals surface area contributed by atoms with Crippen LogP contribution in [0.1, 0.15) is 30.0 Å². The third-order valence-corrected chi connectivity index (χ3v) is 6.12. The summed E-state index contributed by atoms with van der Waals surface area (Å²) in [5.41, 5.74) is 0.527. The minimum absolute atomic E-state index is 0.505. The zero-order valence-corrected chi connectivity index (χ0v) is 14.9. The molecule has 1 N–H and O–H groups in total. The topological polar surface area (TPSA) is 29.5 Å².